The molecule has 3 saturated heterocycles. The zero-order valence-electron chi connectivity index (χ0n) is 20.3. The van der Waals surface area contributed by atoms with Crippen molar-refractivity contribution in [2.24, 2.45) is 10.8 Å². The lowest BCUT2D eigenvalue weighted by Gasteiger charge is -2.47. The quantitative estimate of drug-likeness (QED) is 0.597. The SMILES string of the molecule is O=C(O)C(F)(F)F.O=C(c1cccc(F)c1)N1CCC2(CC1)CN(Cc1ccccc1)CC21CCOC1. The van der Waals surface area contributed by atoms with Gasteiger partial charge in [0, 0.05) is 50.3 Å². The summed E-state index contributed by atoms with van der Waals surface area (Å²) in [6.07, 6.45) is -2.00. The Balaban J connectivity index is 0.000000405. The number of carboxylic acid groups (broad SMARTS) is 1. The van der Waals surface area contributed by atoms with E-state index in [9.17, 15) is 22.4 Å². The molecule has 0 aromatic heterocycles. The zero-order valence-corrected chi connectivity index (χ0v) is 20.3. The topological polar surface area (TPSA) is 70.1 Å². The molecule has 3 heterocycles. The fourth-order valence-corrected chi connectivity index (χ4v) is 5.98. The van der Waals surface area contributed by atoms with Gasteiger partial charge in [-0.2, -0.15) is 13.2 Å². The number of fused-ring (bicyclic) bond motifs is 1. The maximum atomic E-state index is 13.6. The van der Waals surface area contributed by atoms with Gasteiger partial charge in [-0.1, -0.05) is 36.4 Å². The van der Waals surface area contributed by atoms with E-state index in [1.807, 2.05) is 4.90 Å². The van der Waals surface area contributed by atoms with Crippen LogP contribution in [-0.2, 0) is 16.1 Å². The molecule has 2 spiro atoms. The van der Waals surface area contributed by atoms with Gasteiger partial charge in [-0.05, 0) is 48.4 Å². The van der Waals surface area contributed by atoms with Crippen LogP contribution in [-0.4, -0.2) is 72.4 Å². The van der Waals surface area contributed by atoms with Crippen molar-refractivity contribution in [2.75, 3.05) is 39.4 Å². The number of hydrogen-bond donors (Lipinski definition) is 1. The van der Waals surface area contributed by atoms with E-state index in [0.29, 0.717) is 5.56 Å². The van der Waals surface area contributed by atoms with Crippen LogP contribution >= 0.6 is 0 Å². The van der Waals surface area contributed by atoms with Gasteiger partial charge < -0.3 is 14.7 Å². The molecule has 3 aliphatic heterocycles. The fraction of sp³-hybridized carbons (Fsp3) is 0.481. The molecule has 2 aromatic carbocycles. The van der Waals surface area contributed by atoms with Crippen LogP contribution in [0.5, 0.6) is 0 Å². The van der Waals surface area contributed by atoms with Gasteiger partial charge >= 0.3 is 12.1 Å². The average molecular weight is 523 g/mol. The van der Waals surface area contributed by atoms with Crippen molar-refractivity contribution in [3.63, 3.8) is 0 Å². The summed E-state index contributed by atoms with van der Waals surface area (Å²) in [5.74, 6) is -3.17. The van der Waals surface area contributed by atoms with Gasteiger partial charge in [-0.15, -0.1) is 0 Å². The van der Waals surface area contributed by atoms with E-state index in [1.165, 1.54) is 17.7 Å². The van der Waals surface area contributed by atoms with Gasteiger partial charge in [0.15, 0.2) is 0 Å². The van der Waals surface area contributed by atoms with Crippen molar-refractivity contribution in [1.29, 1.82) is 0 Å². The second-order valence-electron chi connectivity index (χ2n) is 10.1. The van der Waals surface area contributed by atoms with E-state index >= 15 is 0 Å². The van der Waals surface area contributed by atoms with E-state index in [-0.39, 0.29) is 22.6 Å². The first kappa shape index (κ1) is 27.1. The Kier molecular flexibility index (Phi) is 7.89. The summed E-state index contributed by atoms with van der Waals surface area (Å²) in [7, 11) is 0. The predicted molar refractivity (Wildman–Crippen MR) is 127 cm³/mol. The van der Waals surface area contributed by atoms with E-state index in [2.05, 4.69) is 35.2 Å². The van der Waals surface area contributed by atoms with Crippen molar-refractivity contribution in [1.82, 2.24) is 9.80 Å². The zero-order chi connectivity index (χ0) is 26.7. The number of piperidine rings is 1. The van der Waals surface area contributed by atoms with Gasteiger partial charge in [-0.25, -0.2) is 9.18 Å². The number of halogens is 4. The lowest BCUT2D eigenvalue weighted by atomic mass is 9.60. The molecule has 2 aromatic rings. The number of aliphatic carboxylic acids is 1. The molecule has 10 heteroatoms. The number of hydrogen-bond acceptors (Lipinski definition) is 4. The Labute approximate surface area is 212 Å². The Morgan fingerprint density at radius 3 is 2.16 bits per heavy atom. The number of alkyl halides is 3. The third kappa shape index (κ3) is 5.96. The van der Waals surface area contributed by atoms with Gasteiger partial charge in [0.2, 0.25) is 0 Å². The third-order valence-corrected chi connectivity index (χ3v) is 7.85. The van der Waals surface area contributed by atoms with Crippen LogP contribution in [0.1, 0.15) is 35.2 Å². The monoisotopic (exact) mass is 522 g/mol. The Morgan fingerprint density at radius 1 is 0.946 bits per heavy atom. The molecule has 0 aliphatic carbocycles. The molecule has 5 rings (SSSR count). The van der Waals surface area contributed by atoms with Crippen LogP contribution in [0, 0.1) is 16.6 Å². The van der Waals surface area contributed by atoms with Crippen LogP contribution in [0.2, 0.25) is 0 Å². The number of ether oxygens (including phenoxy) is 1. The molecule has 1 amide bonds. The van der Waals surface area contributed by atoms with Crippen molar-refractivity contribution >= 4 is 11.9 Å². The highest BCUT2D eigenvalue weighted by atomic mass is 19.4. The summed E-state index contributed by atoms with van der Waals surface area (Å²) < 4.78 is 51.2. The number of benzene rings is 2. The average Bonchev–Trinajstić information content (AvgIpc) is 3.45. The van der Waals surface area contributed by atoms with Crippen LogP contribution in [0.3, 0.4) is 0 Å². The highest BCUT2D eigenvalue weighted by molar-refractivity contribution is 5.94. The molecule has 1 N–H and O–H groups in total. The number of likely N-dealkylation sites (tertiary alicyclic amines) is 2. The molecule has 200 valence electrons. The van der Waals surface area contributed by atoms with Crippen molar-refractivity contribution in [3.8, 4) is 0 Å². The number of carbonyl (C=O) groups is 2. The summed E-state index contributed by atoms with van der Waals surface area (Å²) in [5.41, 5.74) is 2.18. The highest BCUT2D eigenvalue weighted by Crippen LogP contribution is 2.57. The van der Waals surface area contributed by atoms with E-state index in [0.717, 1.165) is 65.2 Å². The van der Waals surface area contributed by atoms with Gasteiger partial charge in [0.1, 0.15) is 5.82 Å². The van der Waals surface area contributed by atoms with E-state index in [4.69, 9.17) is 14.6 Å². The number of carboxylic acids is 1. The fourth-order valence-electron chi connectivity index (χ4n) is 5.98. The molecule has 37 heavy (non-hydrogen) atoms. The molecule has 0 radical (unpaired) electrons. The van der Waals surface area contributed by atoms with Crippen molar-refractivity contribution in [2.45, 2.75) is 32.0 Å². The van der Waals surface area contributed by atoms with Gasteiger partial charge in [-0.3, -0.25) is 9.69 Å². The second kappa shape index (κ2) is 10.8. The predicted octanol–water partition coefficient (Wildman–Crippen LogP) is 4.60. The van der Waals surface area contributed by atoms with Crippen LogP contribution < -0.4 is 0 Å². The van der Waals surface area contributed by atoms with Gasteiger partial charge in [0.25, 0.3) is 5.91 Å². The summed E-state index contributed by atoms with van der Waals surface area (Å²) in [4.78, 5) is 26.3. The summed E-state index contributed by atoms with van der Waals surface area (Å²) in [6.45, 7) is 6.23. The maximum absolute atomic E-state index is 13.6. The van der Waals surface area contributed by atoms with E-state index in [1.54, 1.807) is 12.1 Å². The molecule has 1 unspecified atom stereocenters. The number of carbonyl (C=O) groups excluding carboxylic acids is 1. The largest absolute Gasteiger partial charge is 0.490 e. The smallest absolute Gasteiger partial charge is 0.475 e. The van der Waals surface area contributed by atoms with Crippen LogP contribution in [0.25, 0.3) is 0 Å². The molecule has 6 nitrogen and oxygen atoms in total. The van der Waals surface area contributed by atoms with Crippen molar-refractivity contribution < 1.29 is 37.0 Å². The minimum Gasteiger partial charge on any atom is -0.475 e. The maximum Gasteiger partial charge on any atom is 0.490 e. The summed E-state index contributed by atoms with van der Waals surface area (Å²) in [6, 6.07) is 16.7. The summed E-state index contributed by atoms with van der Waals surface area (Å²) >= 11 is 0. The van der Waals surface area contributed by atoms with Crippen LogP contribution in [0.15, 0.2) is 54.6 Å². The molecule has 3 fully saturated rings. The molecule has 0 bridgehead atoms. The minimum atomic E-state index is -5.08. The number of amides is 1. The molecule has 3 aliphatic rings. The summed E-state index contributed by atoms with van der Waals surface area (Å²) in [5, 5.41) is 7.12. The first-order valence-electron chi connectivity index (χ1n) is 12.2. The van der Waals surface area contributed by atoms with Crippen LogP contribution in [0.4, 0.5) is 17.6 Å². The second-order valence-corrected chi connectivity index (χ2v) is 10.1. The lowest BCUT2D eigenvalue weighted by Crippen LogP contribution is -2.51. The Bertz CT molecular complexity index is 1100. The standard InChI is InChI=1S/C25H29FN2O2.C2HF3O2/c26-22-8-4-7-21(15-22)23(29)28-12-9-24(10-13-28)17-27(16-20-5-2-1-3-6-20)18-25(24)11-14-30-19-25;3-2(4,5)1(6)7/h1-8,15H,9-14,16-19H2;(H,6,7). The molecule has 1 atom stereocenters. The molecular weight excluding hydrogens is 492 g/mol. The Hall–Kier alpha value is -2.98. The lowest BCUT2D eigenvalue weighted by molar-refractivity contribution is -0.192. The first-order valence-corrected chi connectivity index (χ1v) is 12.2. The van der Waals surface area contributed by atoms with Crippen molar-refractivity contribution in [3.05, 3.63) is 71.5 Å². The highest BCUT2D eigenvalue weighted by Gasteiger charge is 2.59. The number of rotatable bonds is 3. The van der Waals surface area contributed by atoms with Gasteiger partial charge in [0.05, 0.1) is 6.61 Å². The minimum absolute atomic E-state index is 0.0554. The normalized spacial score (nSPS) is 23.2. The third-order valence-electron chi connectivity index (χ3n) is 7.85. The van der Waals surface area contributed by atoms with E-state index < -0.39 is 12.1 Å². The molecular formula is C27H30F4N2O4. The molecule has 0 saturated carbocycles. The first-order chi connectivity index (χ1) is 17.5. The Morgan fingerprint density at radius 2 is 1.59 bits per heavy atom. The number of nitrogens with zero attached hydrogens (tertiary/aromatic N) is 2.